The molecule has 6 nitrogen and oxygen atoms in total. The molecule has 1 amide bonds. The maximum atomic E-state index is 12.1. The SMILES string of the molecule is COC(=O)C(N)C(C)(C)C1CCN(C(=O)OC(C)(C)C)CC1. The number of likely N-dealkylation sites (tertiary alicyclic amines) is 1. The molecule has 0 spiro atoms. The van der Waals surface area contributed by atoms with Crippen molar-refractivity contribution < 1.29 is 19.1 Å². The Labute approximate surface area is 133 Å². The van der Waals surface area contributed by atoms with E-state index in [1.165, 1.54) is 7.11 Å². The lowest BCUT2D eigenvalue weighted by Crippen LogP contribution is -2.52. The van der Waals surface area contributed by atoms with Gasteiger partial charge in [0.1, 0.15) is 11.6 Å². The molecule has 1 heterocycles. The Morgan fingerprint density at radius 2 is 1.64 bits per heavy atom. The maximum Gasteiger partial charge on any atom is 0.410 e. The number of rotatable bonds is 3. The Kier molecular flexibility index (Phi) is 5.84. The Hall–Kier alpha value is -1.30. The van der Waals surface area contributed by atoms with Crippen molar-refractivity contribution in [3.63, 3.8) is 0 Å². The lowest BCUT2D eigenvalue weighted by atomic mass is 9.69. The second-order valence-corrected chi connectivity index (χ2v) is 7.56. The van der Waals surface area contributed by atoms with E-state index in [9.17, 15) is 9.59 Å². The van der Waals surface area contributed by atoms with E-state index in [-0.39, 0.29) is 23.4 Å². The van der Waals surface area contributed by atoms with Crippen LogP contribution in [0.3, 0.4) is 0 Å². The van der Waals surface area contributed by atoms with Gasteiger partial charge in [-0.2, -0.15) is 0 Å². The fourth-order valence-electron chi connectivity index (χ4n) is 2.82. The standard InChI is InChI=1S/C16H30N2O4/c1-15(2,3)22-14(20)18-9-7-11(8-10-18)16(4,5)12(17)13(19)21-6/h11-12H,7-10,17H2,1-6H3. The van der Waals surface area contributed by atoms with Gasteiger partial charge >= 0.3 is 12.1 Å². The summed E-state index contributed by atoms with van der Waals surface area (Å²) < 4.78 is 10.1. The fourth-order valence-corrected chi connectivity index (χ4v) is 2.82. The van der Waals surface area contributed by atoms with Crippen LogP contribution >= 0.6 is 0 Å². The molecular weight excluding hydrogens is 284 g/mol. The summed E-state index contributed by atoms with van der Waals surface area (Å²) in [5, 5.41) is 0. The molecule has 128 valence electrons. The van der Waals surface area contributed by atoms with Gasteiger partial charge in [-0.1, -0.05) is 13.8 Å². The molecule has 2 N–H and O–H groups in total. The molecule has 0 aromatic rings. The van der Waals surface area contributed by atoms with Crippen LogP contribution in [-0.4, -0.2) is 48.8 Å². The number of nitrogens with zero attached hydrogens (tertiary/aromatic N) is 1. The number of piperidine rings is 1. The Balaban J connectivity index is 2.61. The monoisotopic (exact) mass is 314 g/mol. The number of esters is 1. The summed E-state index contributed by atoms with van der Waals surface area (Å²) in [6.07, 6.45) is 1.33. The van der Waals surface area contributed by atoms with Crippen molar-refractivity contribution in [1.29, 1.82) is 0 Å². The van der Waals surface area contributed by atoms with Crippen LogP contribution < -0.4 is 5.73 Å². The molecule has 1 fully saturated rings. The first-order valence-corrected chi connectivity index (χ1v) is 7.80. The van der Waals surface area contributed by atoms with Crippen LogP contribution in [0.15, 0.2) is 0 Å². The fraction of sp³-hybridized carbons (Fsp3) is 0.875. The van der Waals surface area contributed by atoms with Crippen LogP contribution in [0.4, 0.5) is 4.79 Å². The molecule has 0 aromatic carbocycles. The van der Waals surface area contributed by atoms with Crippen molar-refractivity contribution in [2.24, 2.45) is 17.1 Å². The highest BCUT2D eigenvalue weighted by Gasteiger charge is 2.41. The van der Waals surface area contributed by atoms with Gasteiger partial charge in [0.05, 0.1) is 7.11 Å². The first-order chi connectivity index (χ1) is 9.99. The number of carbonyl (C=O) groups excluding carboxylic acids is 2. The van der Waals surface area contributed by atoms with E-state index in [1.807, 2.05) is 34.6 Å². The summed E-state index contributed by atoms with van der Waals surface area (Å²) in [6, 6.07) is -0.657. The van der Waals surface area contributed by atoms with E-state index in [2.05, 4.69) is 0 Å². The predicted molar refractivity (Wildman–Crippen MR) is 84.3 cm³/mol. The van der Waals surface area contributed by atoms with Crippen molar-refractivity contribution in [2.75, 3.05) is 20.2 Å². The Morgan fingerprint density at radius 1 is 1.14 bits per heavy atom. The molecule has 0 saturated carbocycles. The Bertz CT molecular complexity index is 407. The summed E-state index contributed by atoms with van der Waals surface area (Å²) in [5.41, 5.74) is 5.18. The third kappa shape index (κ3) is 4.60. The molecule has 0 radical (unpaired) electrons. The second-order valence-electron chi connectivity index (χ2n) is 7.56. The average molecular weight is 314 g/mol. The smallest absolute Gasteiger partial charge is 0.410 e. The number of carbonyl (C=O) groups is 2. The number of amides is 1. The van der Waals surface area contributed by atoms with Crippen LogP contribution in [0, 0.1) is 11.3 Å². The molecule has 1 saturated heterocycles. The molecule has 0 bridgehead atoms. The summed E-state index contributed by atoms with van der Waals surface area (Å²) in [6.45, 7) is 10.8. The van der Waals surface area contributed by atoms with Crippen molar-refractivity contribution in [1.82, 2.24) is 4.90 Å². The van der Waals surface area contributed by atoms with E-state index >= 15 is 0 Å². The topological polar surface area (TPSA) is 81.9 Å². The van der Waals surface area contributed by atoms with Gasteiger partial charge in [-0.05, 0) is 44.9 Å². The highest BCUT2D eigenvalue weighted by Crippen LogP contribution is 2.37. The van der Waals surface area contributed by atoms with Crippen LogP contribution in [0.5, 0.6) is 0 Å². The van der Waals surface area contributed by atoms with E-state index in [0.29, 0.717) is 13.1 Å². The number of nitrogens with two attached hydrogens (primary N) is 1. The van der Waals surface area contributed by atoms with Crippen molar-refractivity contribution in [2.45, 2.75) is 59.1 Å². The maximum absolute atomic E-state index is 12.1. The summed E-state index contributed by atoms with van der Waals surface area (Å²) >= 11 is 0. The molecule has 1 unspecified atom stereocenters. The molecular formula is C16H30N2O4. The van der Waals surface area contributed by atoms with Crippen LogP contribution in [0.25, 0.3) is 0 Å². The van der Waals surface area contributed by atoms with Crippen LogP contribution in [0.1, 0.15) is 47.5 Å². The highest BCUT2D eigenvalue weighted by molar-refractivity contribution is 5.76. The van der Waals surface area contributed by atoms with Crippen LogP contribution in [0.2, 0.25) is 0 Å². The van der Waals surface area contributed by atoms with Crippen molar-refractivity contribution in [3.05, 3.63) is 0 Å². The lowest BCUT2D eigenvalue weighted by molar-refractivity contribution is -0.146. The van der Waals surface area contributed by atoms with Gasteiger partial charge in [0.25, 0.3) is 0 Å². The summed E-state index contributed by atoms with van der Waals surface area (Å²) in [7, 11) is 1.35. The van der Waals surface area contributed by atoms with Crippen molar-refractivity contribution in [3.8, 4) is 0 Å². The molecule has 1 aliphatic rings. The molecule has 6 heteroatoms. The van der Waals surface area contributed by atoms with Crippen molar-refractivity contribution >= 4 is 12.1 Å². The number of hydrogen-bond acceptors (Lipinski definition) is 5. The van der Waals surface area contributed by atoms with E-state index in [4.69, 9.17) is 15.2 Å². The molecule has 22 heavy (non-hydrogen) atoms. The van der Waals surface area contributed by atoms with Gasteiger partial charge in [-0.3, -0.25) is 4.79 Å². The lowest BCUT2D eigenvalue weighted by Gasteiger charge is -2.42. The molecule has 1 rings (SSSR count). The third-order valence-electron chi connectivity index (χ3n) is 4.46. The number of ether oxygens (including phenoxy) is 2. The van der Waals surface area contributed by atoms with E-state index in [0.717, 1.165) is 12.8 Å². The second kappa shape index (κ2) is 6.86. The quantitative estimate of drug-likeness (QED) is 0.807. The minimum atomic E-state index is -0.657. The van der Waals surface area contributed by atoms with Gasteiger partial charge in [0.15, 0.2) is 0 Å². The minimum absolute atomic E-state index is 0.264. The number of methoxy groups -OCH3 is 1. The molecule has 0 aliphatic carbocycles. The largest absolute Gasteiger partial charge is 0.468 e. The Morgan fingerprint density at radius 3 is 2.05 bits per heavy atom. The summed E-state index contributed by atoms with van der Waals surface area (Å²) in [5.74, 6) is -0.125. The third-order valence-corrected chi connectivity index (χ3v) is 4.46. The molecule has 1 aliphatic heterocycles. The van der Waals surface area contributed by atoms with E-state index < -0.39 is 11.6 Å². The van der Waals surface area contributed by atoms with Crippen LogP contribution in [-0.2, 0) is 14.3 Å². The highest BCUT2D eigenvalue weighted by atomic mass is 16.6. The van der Waals surface area contributed by atoms with Gasteiger partial charge < -0.3 is 20.1 Å². The predicted octanol–water partition coefficient (Wildman–Crippen LogP) is 2.16. The van der Waals surface area contributed by atoms with Gasteiger partial charge in [0, 0.05) is 13.1 Å². The van der Waals surface area contributed by atoms with Gasteiger partial charge in [0.2, 0.25) is 0 Å². The first kappa shape index (κ1) is 18.7. The zero-order valence-corrected chi connectivity index (χ0v) is 14.6. The normalized spacial score (nSPS) is 18.8. The minimum Gasteiger partial charge on any atom is -0.468 e. The van der Waals surface area contributed by atoms with Gasteiger partial charge in [-0.25, -0.2) is 4.79 Å². The zero-order chi connectivity index (χ0) is 17.1. The van der Waals surface area contributed by atoms with Gasteiger partial charge in [-0.15, -0.1) is 0 Å². The zero-order valence-electron chi connectivity index (χ0n) is 14.6. The first-order valence-electron chi connectivity index (χ1n) is 7.80. The summed E-state index contributed by atoms with van der Waals surface area (Å²) in [4.78, 5) is 25.5. The average Bonchev–Trinajstić information content (AvgIpc) is 2.43. The molecule has 0 aromatic heterocycles. The molecule has 1 atom stereocenters. The number of hydrogen-bond donors (Lipinski definition) is 1. The van der Waals surface area contributed by atoms with E-state index in [1.54, 1.807) is 4.90 Å².